The first kappa shape index (κ1) is 16.2. The third-order valence-electron chi connectivity index (χ3n) is 3.31. The predicted octanol–water partition coefficient (Wildman–Crippen LogP) is 4.73. The van der Waals surface area contributed by atoms with Crippen LogP contribution in [-0.2, 0) is 12.4 Å². The number of halogens is 6. The fraction of sp³-hybridized carbons (Fsp3) is 0.133. The largest absolute Gasteiger partial charge is 0.433 e. The van der Waals surface area contributed by atoms with Crippen LogP contribution in [0.15, 0.2) is 43.0 Å². The van der Waals surface area contributed by atoms with Crippen molar-refractivity contribution in [3.8, 4) is 11.1 Å². The van der Waals surface area contributed by atoms with Crippen molar-refractivity contribution < 1.29 is 26.3 Å². The lowest BCUT2D eigenvalue weighted by molar-refractivity contribution is -0.142. The first-order valence-electron chi connectivity index (χ1n) is 6.51. The molecular formula is C15H7F6N3. The summed E-state index contributed by atoms with van der Waals surface area (Å²) in [6.45, 7) is 0. The summed E-state index contributed by atoms with van der Waals surface area (Å²) in [6.07, 6.45) is -6.11. The molecule has 0 atom stereocenters. The van der Waals surface area contributed by atoms with E-state index in [9.17, 15) is 26.3 Å². The van der Waals surface area contributed by atoms with Gasteiger partial charge in [-0.3, -0.25) is 0 Å². The van der Waals surface area contributed by atoms with Crippen LogP contribution in [0.2, 0.25) is 0 Å². The summed E-state index contributed by atoms with van der Waals surface area (Å²) < 4.78 is 78.6. The van der Waals surface area contributed by atoms with Crippen molar-refractivity contribution in [3.63, 3.8) is 0 Å². The van der Waals surface area contributed by atoms with E-state index in [-0.39, 0.29) is 16.5 Å². The quantitative estimate of drug-likeness (QED) is 0.600. The van der Waals surface area contributed by atoms with Crippen molar-refractivity contribution in [1.29, 1.82) is 0 Å². The van der Waals surface area contributed by atoms with Crippen LogP contribution in [-0.4, -0.2) is 15.0 Å². The highest BCUT2D eigenvalue weighted by Crippen LogP contribution is 2.39. The van der Waals surface area contributed by atoms with Gasteiger partial charge >= 0.3 is 12.4 Å². The molecule has 2 heterocycles. The molecule has 2 aromatic heterocycles. The minimum absolute atomic E-state index is 0.0624. The van der Waals surface area contributed by atoms with E-state index in [0.717, 1.165) is 6.07 Å². The van der Waals surface area contributed by atoms with Crippen molar-refractivity contribution in [1.82, 2.24) is 15.0 Å². The molecule has 0 N–H and O–H groups in total. The summed E-state index contributed by atoms with van der Waals surface area (Å²) >= 11 is 0. The Bertz CT molecular complexity index is 887. The van der Waals surface area contributed by atoms with Crippen LogP contribution < -0.4 is 0 Å². The Labute approximate surface area is 131 Å². The van der Waals surface area contributed by atoms with Gasteiger partial charge in [0.1, 0.15) is 12.0 Å². The van der Waals surface area contributed by atoms with E-state index in [4.69, 9.17) is 0 Å². The summed E-state index contributed by atoms with van der Waals surface area (Å²) in [5.41, 5.74) is -3.32. The second kappa shape index (κ2) is 5.43. The Balaban J connectivity index is 2.43. The normalized spacial score (nSPS) is 12.6. The fourth-order valence-electron chi connectivity index (χ4n) is 2.30. The summed E-state index contributed by atoms with van der Waals surface area (Å²) in [4.78, 5) is 10.6. The van der Waals surface area contributed by atoms with Crippen LogP contribution in [0.1, 0.15) is 11.3 Å². The molecule has 0 aliphatic carbocycles. The van der Waals surface area contributed by atoms with E-state index >= 15 is 0 Å². The molecule has 0 unspecified atom stereocenters. The van der Waals surface area contributed by atoms with Crippen molar-refractivity contribution in [3.05, 3.63) is 54.2 Å². The van der Waals surface area contributed by atoms with Gasteiger partial charge in [-0.1, -0.05) is 12.1 Å². The molecule has 0 bridgehead atoms. The first-order chi connectivity index (χ1) is 11.2. The molecule has 24 heavy (non-hydrogen) atoms. The number of hydrogen-bond donors (Lipinski definition) is 0. The Morgan fingerprint density at radius 2 is 1.50 bits per heavy atom. The molecule has 0 radical (unpaired) electrons. The first-order valence-corrected chi connectivity index (χ1v) is 6.51. The van der Waals surface area contributed by atoms with Gasteiger partial charge in [0.2, 0.25) is 0 Å². The molecule has 0 saturated heterocycles. The molecule has 1 aromatic carbocycles. The molecule has 3 aromatic rings. The minimum atomic E-state index is -4.89. The molecule has 0 aliphatic rings. The molecule has 3 rings (SSSR count). The number of alkyl halides is 6. The molecule has 0 aliphatic heterocycles. The van der Waals surface area contributed by atoms with E-state index in [2.05, 4.69) is 15.0 Å². The maximum Gasteiger partial charge on any atom is 0.433 e. The average Bonchev–Trinajstić information content (AvgIpc) is 2.52. The Morgan fingerprint density at radius 3 is 2.08 bits per heavy atom. The molecule has 9 heteroatoms. The van der Waals surface area contributed by atoms with Crippen LogP contribution in [0, 0.1) is 0 Å². The third kappa shape index (κ3) is 2.89. The fourth-order valence-corrected chi connectivity index (χ4v) is 2.30. The summed E-state index contributed by atoms with van der Waals surface area (Å²) in [6, 6.07) is 3.79. The van der Waals surface area contributed by atoms with Crippen LogP contribution >= 0.6 is 0 Å². The molecule has 0 saturated carbocycles. The highest BCUT2D eigenvalue weighted by Gasteiger charge is 2.37. The van der Waals surface area contributed by atoms with Crippen molar-refractivity contribution in [2.75, 3.05) is 0 Å². The van der Waals surface area contributed by atoms with Gasteiger partial charge in [-0.25, -0.2) is 15.0 Å². The summed E-state index contributed by atoms with van der Waals surface area (Å²) in [5.74, 6) is 0. The van der Waals surface area contributed by atoms with Crippen LogP contribution in [0.5, 0.6) is 0 Å². The topological polar surface area (TPSA) is 38.7 Å². The van der Waals surface area contributed by atoms with Crippen molar-refractivity contribution >= 4 is 10.9 Å². The monoisotopic (exact) mass is 343 g/mol. The number of hydrogen-bond acceptors (Lipinski definition) is 3. The Kier molecular flexibility index (Phi) is 3.66. The Morgan fingerprint density at radius 1 is 0.833 bits per heavy atom. The van der Waals surface area contributed by atoms with Gasteiger partial charge in [0.15, 0.2) is 0 Å². The highest BCUT2D eigenvalue weighted by molar-refractivity contribution is 5.96. The van der Waals surface area contributed by atoms with Crippen LogP contribution in [0.3, 0.4) is 0 Å². The SMILES string of the molecule is FC(F)(F)c1cc(-c2cncnc2)c2cccc(C(F)(F)F)c2n1. The zero-order chi connectivity index (χ0) is 17.5. The molecule has 0 spiro atoms. The maximum atomic E-state index is 13.1. The van der Waals surface area contributed by atoms with Crippen molar-refractivity contribution in [2.24, 2.45) is 0 Å². The lowest BCUT2D eigenvalue weighted by atomic mass is 9.99. The molecule has 124 valence electrons. The average molecular weight is 343 g/mol. The summed E-state index contributed by atoms with van der Waals surface area (Å²) in [5, 5.41) is -0.0624. The minimum Gasteiger partial charge on any atom is -0.244 e. The lowest BCUT2D eigenvalue weighted by Crippen LogP contribution is -2.12. The van der Waals surface area contributed by atoms with Gasteiger partial charge in [0.05, 0.1) is 11.1 Å². The number of fused-ring (bicyclic) bond motifs is 1. The van der Waals surface area contributed by atoms with E-state index in [1.54, 1.807) is 0 Å². The lowest BCUT2D eigenvalue weighted by Gasteiger charge is -2.15. The van der Waals surface area contributed by atoms with E-state index in [0.29, 0.717) is 12.1 Å². The number of benzene rings is 1. The molecule has 3 nitrogen and oxygen atoms in total. The van der Waals surface area contributed by atoms with Crippen LogP contribution in [0.25, 0.3) is 22.0 Å². The van der Waals surface area contributed by atoms with Gasteiger partial charge < -0.3 is 0 Å². The van der Waals surface area contributed by atoms with Crippen LogP contribution in [0.4, 0.5) is 26.3 Å². The third-order valence-corrected chi connectivity index (χ3v) is 3.31. The predicted molar refractivity (Wildman–Crippen MR) is 72.8 cm³/mol. The highest BCUT2D eigenvalue weighted by atomic mass is 19.4. The smallest absolute Gasteiger partial charge is 0.244 e. The van der Waals surface area contributed by atoms with E-state index in [1.807, 2.05) is 0 Å². The van der Waals surface area contributed by atoms with E-state index in [1.165, 1.54) is 24.8 Å². The van der Waals surface area contributed by atoms with Crippen molar-refractivity contribution in [2.45, 2.75) is 12.4 Å². The van der Waals surface area contributed by atoms with Gasteiger partial charge in [-0.15, -0.1) is 0 Å². The zero-order valence-corrected chi connectivity index (χ0v) is 11.7. The van der Waals surface area contributed by atoms with Gasteiger partial charge in [-0.05, 0) is 17.7 Å². The summed E-state index contributed by atoms with van der Waals surface area (Å²) in [7, 11) is 0. The van der Waals surface area contributed by atoms with E-state index < -0.39 is 29.1 Å². The zero-order valence-electron chi connectivity index (χ0n) is 11.7. The maximum absolute atomic E-state index is 13.1. The second-order valence-electron chi connectivity index (χ2n) is 4.88. The second-order valence-corrected chi connectivity index (χ2v) is 4.88. The number of para-hydroxylation sites is 1. The number of aromatic nitrogens is 3. The Hall–Kier alpha value is -2.71. The molecular weight excluding hydrogens is 336 g/mol. The molecule has 0 amide bonds. The van der Waals surface area contributed by atoms with Gasteiger partial charge in [0, 0.05) is 23.3 Å². The molecule has 0 fully saturated rings. The standard InChI is InChI=1S/C15H7F6N3/c16-14(17,18)11-3-1-2-9-10(8-5-22-7-23-6-8)4-12(15(19,20)21)24-13(9)11/h1-7H. The number of nitrogens with zero attached hydrogens (tertiary/aromatic N) is 3. The van der Waals surface area contributed by atoms with Gasteiger partial charge in [0.25, 0.3) is 0 Å². The number of rotatable bonds is 1. The number of pyridine rings is 1. The van der Waals surface area contributed by atoms with Gasteiger partial charge in [-0.2, -0.15) is 26.3 Å².